The molecule has 3 aliphatic carbocycles. The van der Waals surface area contributed by atoms with Crippen LogP contribution in [0.15, 0.2) is 37.8 Å². The van der Waals surface area contributed by atoms with Gasteiger partial charge in [0.05, 0.1) is 25.7 Å². The molecule has 0 radical (unpaired) electrons. The zero-order valence-corrected chi connectivity index (χ0v) is 13.8. The first kappa shape index (κ1) is 16.6. The SMILES string of the molecule is C=COCCOC(OCCOC=C)C1CC2CC1C1C=CCC21. The number of hydrogen-bond acceptors (Lipinski definition) is 4. The van der Waals surface area contributed by atoms with E-state index in [0.29, 0.717) is 38.3 Å². The lowest BCUT2D eigenvalue weighted by Crippen LogP contribution is -2.37. The topological polar surface area (TPSA) is 36.9 Å². The summed E-state index contributed by atoms with van der Waals surface area (Å²) in [7, 11) is 0. The van der Waals surface area contributed by atoms with Gasteiger partial charge in [0.25, 0.3) is 0 Å². The van der Waals surface area contributed by atoms with Crippen molar-refractivity contribution in [3.8, 4) is 0 Å². The predicted octanol–water partition coefficient (Wildman–Crippen LogP) is 3.51. The average molecular weight is 320 g/mol. The maximum Gasteiger partial charge on any atom is 0.160 e. The lowest BCUT2D eigenvalue weighted by molar-refractivity contribution is -0.193. The van der Waals surface area contributed by atoms with Crippen LogP contribution in [0.2, 0.25) is 0 Å². The van der Waals surface area contributed by atoms with E-state index in [4.69, 9.17) is 18.9 Å². The van der Waals surface area contributed by atoms with Gasteiger partial charge >= 0.3 is 0 Å². The highest BCUT2D eigenvalue weighted by atomic mass is 16.7. The minimum atomic E-state index is -0.165. The van der Waals surface area contributed by atoms with Gasteiger partial charge in [-0.05, 0) is 42.9 Å². The van der Waals surface area contributed by atoms with Gasteiger partial charge in [-0.15, -0.1) is 0 Å². The van der Waals surface area contributed by atoms with Crippen LogP contribution < -0.4 is 0 Å². The van der Waals surface area contributed by atoms with Crippen molar-refractivity contribution in [3.05, 3.63) is 37.8 Å². The molecule has 0 amide bonds. The summed E-state index contributed by atoms with van der Waals surface area (Å²) >= 11 is 0. The number of rotatable bonds is 11. The lowest BCUT2D eigenvalue weighted by atomic mass is 9.75. The highest BCUT2D eigenvalue weighted by Gasteiger charge is 2.54. The largest absolute Gasteiger partial charge is 0.499 e. The van der Waals surface area contributed by atoms with Crippen molar-refractivity contribution in [1.29, 1.82) is 0 Å². The molecule has 0 heterocycles. The first-order valence-electron chi connectivity index (χ1n) is 8.70. The number of allylic oxidation sites excluding steroid dienone is 2. The first-order chi connectivity index (χ1) is 11.3. The quantitative estimate of drug-likeness (QED) is 0.253. The van der Waals surface area contributed by atoms with Crippen LogP contribution >= 0.6 is 0 Å². The Hall–Kier alpha value is -1.26. The molecular weight excluding hydrogens is 292 g/mol. The molecule has 0 saturated heterocycles. The molecule has 4 nitrogen and oxygen atoms in total. The fourth-order valence-electron chi connectivity index (χ4n) is 4.80. The molecular formula is C19H28O4. The van der Waals surface area contributed by atoms with Gasteiger partial charge in [-0.25, -0.2) is 0 Å². The zero-order chi connectivity index (χ0) is 16.1. The van der Waals surface area contributed by atoms with Gasteiger partial charge in [-0.2, -0.15) is 0 Å². The fourth-order valence-corrected chi connectivity index (χ4v) is 4.80. The van der Waals surface area contributed by atoms with Crippen LogP contribution in [-0.4, -0.2) is 32.7 Å². The number of fused-ring (bicyclic) bond motifs is 5. The highest BCUT2D eigenvalue weighted by molar-refractivity contribution is 5.14. The molecule has 2 saturated carbocycles. The second kappa shape index (κ2) is 8.02. The summed E-state index contributed by atoms with van der Waals surface area (Å²) in [6.45, 7) is 9.18. The Kier molecular flexibility index (Phi) is 5.79. The van der Waals surface area contributed by atoms with Crippen molar-refractivity contribution >= 4 is 0 Å². The lowest BCUT2D eigenvalue weighted by Gasteiger charge is -2.35. The third-order valence-electron chi connectivity index (χ3n) is 5.61. The van der Waals surface area contributed by atoms with E-state index in [9.17, 15) is 0 Å². The van der Waals surface area contributed by atoms with Crippen LogP contribution in [0.25, 0.3) is 0 Å². The molecule has 3 aliphatic rings. The zero-order valence-electron chi connectivity index (χ0n) is 13.8. The van der Waals surface area contributed by atoms with Gasteiger partial charge in [-0.3, -0.25) is 0 Å². The van der Waals surface area contributed by atoms with Crippen LogP contribution in [0.3, 0.4) is 0 Å². The summed E-state index contributed by atoms with van der Waals surface area (Å²) in [6.07, 6.45) is 11.4. The Morgan fingerprint density at radius 1 is 0.957 bits per heavy atom. The molecule has 0 aliphatic heterocycles. The Labute approximate surface area is 139 Å². The van der Waals surface area contributed by atoms with Gasteiger partial charge in [0.2, 0.25) is 0 Å². The Bertz CT molecular complexity index is 417. The van der Waals surface area contributed by atoms with Gasteiger partial charge in [0.1, 0.15) is 13.2 Å². The molecule has 0 N–H and O–H groups in total. The minimum absolute atomic E-state index is 0.165. The fraction of sp³-hybridized carbons (Fsp3) is 0.684. The van der Waals surface area contributed by atoms with Gasteiger partial charge in [0, 0.05) is 5.92 Å². The number of hydrogen-bond donors (Lipinski definition) is 0. The Morgan fingerprint density at radius 3 is 2.30 bits per heavy atom. The van der Waals surface area contributed by atoms with Gasteiger partial charge < -0.3 is 18.9 Å². The van der Waals surface area contributed by atoms with Crippen molar-refractivity contribution in [1.82, 2.24) is 0 Å². The molecule has 5 unspecified atom stereocenters. The third kappa shape index (κ3) is 3.64. The van der Waals surface area contributed by atoms with E-state index in [1.165, 1.54) is 31.8 Å². The third-order valence-corrected chi connectivity index (χ3v) is 5.61. The van der Waals surface area contributed by atoms with Crippen molar-refractivity contribution in [2.45, 2.75) is 25.6 Å². The van der Waals surface area contributed by atoms with E-state index in [1.54, 1.807) is 0 Å². The molecule has 23 heavy (non-hydrogen) atoms. The van der Waals surface area contributed by atoms with Crippen molar-refractivity contribution in [2.24, 2.45) is 29.6 Å². The second-order valence-electron chi connectivity index (χ2n) is 6.65. The van der Waals surface area contributed by atoms with Crippen molar-refractivity contribution < 1.29 is 18.9 Å². The van der Waals surface area contributed by atoms with Crippen LogP contribution in [0.1, 0.15) is 19.3 Å². The van der Waals surface area contributed by atoms with E-state index in [2.05, 4.69) is 25.3 Å². The first-order valence-corrected chi connectivity index (χ1v) is 8.70. The molecule has 3 rings (SSSR count). The molecule has 128 valence electrons. The molecule has 0 aromatic heterocycles. The summed E-state index contributed by atoms with van der Waals surface area (Å²) in [4.78, 5) is 0. The van der Waals surface area contributed by atoms with Crippen LogP contribution in [-0.2, 0) is 18.9 Å². The standard InChI is InChI=1S/C19H28O4/c1-3-20-8-10-22-19(23-11-9-21-4-2)18-13-14-12-17(18)16-7-5-6-15(14)16/h3-5,7,14-19H,1-2,6,8-13H2. The van der Waals surface area contributed by atoms with Crippen LogP contribution in [0, 0.1) is 29.6 Å². The molecule has 0 spiro atoms. The predicted molar refractivity (Wildman–Crippen MR) is 88.4 cm³/mol. The van der Waals surface area contributed by atoms with E-state index in [-0.39, 0.29) is 6.29 Å². The normalized spacial score (nSPS) is 33.9. The minimum Gasteiger partial charge on any atom is -0.499 e. The second-order valence-corrected chi connectivity index (χ2v) is 6.65. The molecule has 0 aromatic rings. The maximum absolute atomic E-state index is 6.01. The van der Waals surface area contributed by atoms with Crippen molar-refractivity contribution in [2.75, 3.05) is 26.4 Å². The van der Waals surface area contributed by atoms with E-state index in [1.807, 2.05) is 0 Å². The Balaban J connectivity index is 1.55. The summed E-state index contributed by atoms with van der Waals surface area (Å²) in [5.74, 6) is 3.65. The van der Waals surface area contributed by atoms with Crippen LogP contribution in [0.5, 0.6) is 0 Å². The molecule has 2 fully saturated rings. The van der Waals surface area contributed by atoms with Crippen molar-refractivity contribution in [3.63, 3.8) is 0 Å². The number of ether oxygens (including phenoxy) is 4. The molecule has 4 heteroatoms. The highest BCUT2D eigenvalue weighted by Crippen LogP contribution is 2.59. The van der Waals surface area contributed by atoms with E-state index >= 15 is 0 Å². The van der Waals surface area contributed by atoms with E-state index in [0.717, 1.165) is 17.8 Å². The smallest absolute Gasteiger partial charge is 0.160 e. The summed E-state index contributed by atoms with van der Waals surface area (Å²) in [5, 5.41) is 0. The van der Waals surface area contributed by atoms with Gasteiger partial charge in [-0.1, -0.05) is 25.3 Å². The van der Waals surface area contributed by atoms with E-state index < -0.39 is 0 Å². The molecule has 2 bridgehead atoms. The molecule has 0 aromatic carbocycles. The average Bonchev–Trinajstić information content (AvgIpc) is 3.25. The monoisotopic (exact) mass is 320 g/mol. The van der Waals surface area contributed by atoms with Gasteiger partial charge in [0.15, 0.2) is 6.29 Å². The summed E-state index contributed by atoms with van der Waals surface area (Å²) in [5.41, 5.74) is 0. The Morgan fingerprint density at radius 2 is 1.65 bits per heavy atom. The van der Waals surface area contributed by atoms with Crippen LogP contribution in [0.4, 0.5) is 0 Å². The molecule has 5 atom stereocenters. The summed E-state index contributed by atoms with van der Waals surface area (Å²) in [6, 6.07) is 0. The summed E-state index contributed by atoms with van der Waals surface area (Å²) < 4.78 is 22.3. The maximum atomic E-state index is 6.01.